The fourth-order valence-electron chi connectivity index (χ4n) is 4.17. The molecule has 0 unspecified atom stereocenters. The Labute approximate surface area is 176 Å². The van der Waals surface area contributed by atoms with Crippen molar-refractivity contribution in [2.45, 2.75) is 19.3 Å². The summed E-state index contributed by atoms with van der Waals surface area (Å²) >= 11 is 0. The third-order valence-electron chi connectivity index (χ3n) is 5.86. The zero-order valence-electron chi connectivity index (χ0n) is 16.8. The summed E-state index contributed by atoms with van der Waals surface area (Å²) in [6, 6.07) is 18.0. The Morgan fingerprint density at radius 2 is 1.87 bits per heavy atom. The van der Waals surface area contributed by atoms with E-state index < -0.39 is 0 Å². The molecule has 1 N–H and O–H groups in total. The number of benzene rings is 2. The minimum atomic E-state index is -0.163. The zero-order chi connectivity index (χ0) is 20.3. The number of carbonyl (C=O) groups excluding carboxylic acids is 1. The van der Waals surface area contributed by atoms with E-state index in [1.165, 1.54) is 22.3 Å². The highest BCUT2D eigenvalue weighted by Crippen LogP contribution is 2.37. The number of fused-ring (bicyclic) bond motifs is 3. The molecule has 5 rings (SSSR count). The molecule has 1 aromatic heterocycles. The molecule has 5 nitrogen and oxygen atoms in total. The maximum Gasteiger partial charge on any atom is 0.255 e. The Kier molecular flexibility index (Phi) is 5.20. The number of aromatic nitrogens is 1. The lowest BCUT2D eigenvalue weighted by molar-refractivity contribution is 0.0490. The average molecular weight is 400 g/mol. The van der Waals surface area contributed by atoms with Gasteiger partial charge in [-0.1, -0.05) is 30.3 Å². The first-order valence-electron chi connectivity index (χ1n) is 10.5. The summed E-state index contributed by atoms with van der Waals surface area (Å²) in [6.45, 7) is 2.18. The van der Waals surface area contributed by atoms with Gasteiger partial charge in [0.1, 0.15) is 0 Å². The van der Waals surface area contributed by atoms with Crippen LogP contribution in [0.1, 0.15) is 34.3 Å². The van der Waals surface area contributed by atoms with Gasteiger partial charge < -0.3 is 14.8 Å². The minimum absolute atomic E-state index is 0.163. The van der Waals surface area contributed by atoms with E-state index >= 15 is 0 Å². The van der Waals surface area contributed by atoms with Gasteiger partial charge in [0, 0.05) is 36.7 Å². The first-order chi connectivity index (χ1) is 14.8. The molecular weight excluding hydrogens is 376 g/mol. The van der Waals surface area contributed by atoms with Gasteiger partial charge in [0.15, 0.2) is 0 Å². The van der Waals surface area contributed by atoms with Crippen molar-refractivity contribution in [3.05, 3.63) is 77.5 Å². The second-order valence-corrected chi connectivity index (χ2v) is 7.91. The highest BCUT2D eigenvalue weighted by atomic mass is 16.5. The number of nitrogens with one attached hydrogen (secondary N) is 1. The summed E-state index contributed by atoms with van der Waals surface area (Å²) < 4.78 is 11.2. The smallest absolute Gasteiger partial charge is 0.255 e. The summed E-state index contributed by atoms with van der Waals surface area (Å²) in [6.07, 6.45) is 4.52. The Morgan fingerprint density at radius 3 is 2.77 bits per heavy atom. The van der Waals surface area contributed by atoms with Gasteiger partial charge in [0.25, 0.3) is 5.91 Å². The van der Waals surface area contributed by atoms with Crippen molar-refractivity contribution >= 4 is 11.6 Å². The molecule has 1 amide bonds. The van der Waals surface area contributed by atoms with Crippen LogP contribution >= 0.6 is 0 Å². The molecule has 0 spiro atoms. The number of pyridine rings is 1. The third-order valence-corrected chi connectivity index (χ3v) is 5.86. The fourth-order valence-corrected chi connectivity index (χ4v) is 4.17. The van der Waals surface area contributed by atoms with E-state index in [2.05, 4.69) is 46.7 Å². The van der Waals surface area contributed by atoms with Crippen molar-refractivity contribution in [1.82, 2.24) is 4.98 Å². The van der Waals surface area contributed by atoms with E-state index in [4.69, 9.17) is 9.47 Å². The quantitative estimate of drug-likeness (QED) is 0.527. The predicted molar refractivity (Wildman–Crippen MR) is 116 cm³/mol. The number of anilines is 1. The van der Waals surface area contributed by atoms with Gasteiger partial charge in [0.2, 0.25) is 5.88 Å². The number of hydrogen-bond acceptors (Lipinski definition) is 4. The molecule has 1 aliphatic heterocycles. The van der Waals surface area contributed by atoms with Crippen LogP contribution in [-0.2, 0) is 11.2 Å². The molecule has 2 aliphatic rings. The van der Waals surface area contributed by atoms with Crippen molar-refractivity contribution in [1.29, 1.82) is 0 Å². The van der Waals surface area contributed by atoms with Gasteiger partial charge >= 0.3 is 0 Å². The van der Waals surface area contributed by atoms with Crippen LogP contribution in [0.25, 0.3) is 11.1 Å². The van der Waals surface area contributed by atoms with Crippen molar-refractivity contribution in [2.24, 2.45) is 5.92 Å². The SMILES string of the molecule is O=C(Nc1ccc2c(c1)Cc1ccccc1-2)c1ccnc(OCC2CCOCC2)c1. The molecule has 2 aromatic carbocycles. The number of nitrogens with zero attached hydrogens (tertiary/aromatic N) is 1. The van der Waals surface area contributed by atoms with Crippen LogP contribution in [0.4, 0.5) is 5.69 Å². The fraction of sp³-hybridized carbons (Fsp3) is 0.280. The van der Waals surface area contributed by atoms with E-state index in [0.29, 0.717) is 24.0 Å². The van der Waals surface area contributed by atoms with Gasteiger partial charge in [-0.2, -0.15) is 0 Å². The van der Waals surface area contributed by atoms with Crippen LogP contribution in [0.2, 0.25) is 0 Å². The maximum absolute atomic E-state index is 12.8. The van der Waals surface area contributed by atoms with Crippen molar-refractivity contribution in [2.75, 3.05) is 25.1 Å². The minimum Gasteiger partial charge on any atom is -0.477 e. The molecule has 0 radical (unpaired) electrons. The monoisotopic (exact) mass is 400 g/mol. The standard InChI is InChI=1S/C25H24N2O3/c28-25(19-7-10-26-24(15-19)30-16-17-8-11-29-12-9-17)27-21-5-6-23-20(14-21)13-18-3-1-2-4-22(18)23/h1-7,10,14-15,17H,8-9,11-13,16H2,(H,27,28). The van der Waals surface area contributed by atoms with Crippen LogP contribution in [0.15, 0.2) is 60.8 Å². The first-order valence-corrected chi connectivity index (χ1v) is 10.5. The molecule has 0 bridgehead atoms. The van der Waals surface area contributed by atoms with Gasteiger partial charge in [-0.3, -0.25) is 4.79 Å². The summed E-state index contributed by atoms with van der Waals surface area (Å²) in [7, 11) is 0. The summed E-state index contributed by atoms with van der Waals surface area (Å²) in [5.41, 5.74) is 6.44. The highest BCUT2D eigenvalue weighted by molar-refractivity contribution is 6.04. The van der Waals surface area contributed by atoms with Gasteiger partial charge in [-0.15, -0.1) is 0 Å². The molecule has 3 aromatic rings. The zero-order valence-corrected chi connectivity index (χ0v) is 16.8. The van der Waals surface area contributed by atoms with E-state index in [-0.39, 0.29) is 5.91 Å². The van der Waals surface area contributed by atoms with E-state index in [1.54, 1.807) is 18.3 Å². The molecule has 1 aliphatic carbocycles. The highest BCUT2D eigenvalue weighted by Gasteiger charge is 2.19. The van der Waals surface area contributed by atoms with Crippen molar-refractivity contribution < 1.29 is 14.3 Å². The predicted octanol–water partition coefficient (Wildman–Crippen LogP) is 4.71. The largest absolute Gasteiger partial charge is 0.477 e. The average Bonchev–Trinajstić information content (AvgIpc) is 3.16. The molecule has 0 atom stereocenters. The number of rotatable bonds is 5. The molecule has 152 valence electrons. The number of hydrogen-bond donors (Lipinski definition) is 1. The lowest BCUT2D eigenvalue weighted by Crippen LogP contribution is -2.21. The third kappa shape index (κ3) is 3.94. The molecule has 2 heterocycles. The number of carbonyl (C=O) groups is 1. The molecule has 5 heteroatoms. The topological polar surface area (TPSA) is 60.5 Å². The van der Waals surface area contributed by atoms with Crippen molar-refractivity contribution in [3.8, 4) is 17.0 Å². The van der Waals surface area contributed by atoms with Crippen molar-refractivity contribution in [3.63, 3.8) is 0 Å². The molecule has 1 fully saturated rings. The van der Waals surface area contributed by atoms with Crippen LogP contribution < -0.4 is 10.1 Å². The number of amides is 1. The van der Waals surface area contributed by atoms with Crippen LogP contribution in [0, 0.1) is 5.92 Å². The Hall–Kier alpha value is -3.18. The molecular formula is C25H24N2O3. The van der Waals surface area contributed by atoms with Gasteiger partial charge in [0.05, 0.1) is 6.61 Å². The van der Waals surface area contributed by atoms with Gasteiger partial charge in [-0.05, 0) is 65.6 Å². The van der Waals surface area contributed by atoms with Crippen LogP contribution in [0.3, 0.4) is 0 Å². The van der Waals surface area contributed by atoms with Gasteiger partial charge in [-0.25, -0.2) is 4.98 Å². The molecule has 0 saturated carbocycles. The molecule has 1 saturated heterocycles. The van der Waals surface area contributed by atoms with Crippen LogP contribution in [0.5, 0.6) is 5.88 Å². The lowest BCUT2D eigenvalue weighted by atomic mass is 10.0. The summed E-state index contributed by atoms with van der Waals surface area (Å²) in [4.78, 5) is 17.0. The Balaban J connectivity index is 1.25. The summed E-state index contributed by atoms with van der Waals surface area (Å²) in [5, 5.41) is 3.01. The van der Waals surface area contributed by atoms with E-state index in [0.717, 1.165) is 38.2 Å². The normalized spacial score (nSPS) is 15.3. The van der Waals surface area contributed by atoms with E-state index in [9.17, 15) is 4.79 Å². The second-order valence-electron chi connectivity index (χ2n) is 7.91. The molecule has 30 heavy (non-hydrogen) atoms. The summed E-state index contributed by atoms with van der Waals surface area (Å²) in [5.74, 6) is 0.802. The Morgan fingerprint density at radius 1 is 1.03 bits per heavy atom. The maximum atomic E-state index is 12.8. The van der Waals surface area contributed by atoms with Crippen LogP contribution in [-0.4, -0.2) is 30.7 Å². The lowest BCUT2D eigenvalue weighted by Gasteiger charge is -2.21. The number of ether oxygens (including phenoxy) is 2. The second kappa shape index (κ2) is 8.28. The van der Waals surface area contributed by atoms with E-state index in [1.807, 2.05) is 6.07 Å². The Bertz CT molecular complexity index is 1070. The first kappa shape index (κ1) is 18.8.